The van der Waals surface area contributed by atoms with Gasteiger partial charge in [-0.15, -0.1) is 11.3 Å². The quantitative estimate of drug-likeness (QED) is 0.655. The molecule has 3 aromatic rings. The molecule has 4 nitrogen and oxygen atoms in total. The van der Waals surface area contributed by atoms with Crippen molar-refractivity contribution < 1.29 is 13.2 Å². The Balaban J connectivity index is 2.27. The van der Waals surface area contributed by atoms with Crippen molar-refractivity contribution >= 4 is 11.3 Å². The summed E-state index contributed by atoms with van der Waals surface area (Å²) < 4.78 is 42.2. The zero-order valence-corrected chi connectivity index (χ0v) is 15.1. The summed E-state index contributed by atoms with van der Waals surface area (Å²) in [6.07, 6.45) is 1.48. The van der Waals surface area contributed by atoms with E-state index in [1.807, 2.05) is 31.2 Å². The van der Waals surface area contributed by atoms with Crippen LogP contribution in [0, 0.1) is 18.3 Å². The van der Waals surface area contributed by atoms with Gasteiger partial charge in [0.1, 0.15) is 16.6 Å². The summed E-state index contributed by atoms with van der Waals surface area (Å²) >= 11 is 1.16. The van der Waals surface area contributed by atoms with Gasteiger partial charge in [0.15, 0.2) is 6.67 Å². The number of rotatable bonds is 5. The Morgan fingerprint density at radius 2 is 2.00 bits per heavy atom. The van der Waals surface area contributed by atoms with Gasteiger partial charge in [-0.05, 0) is 18.6 Å². The number of nitriles is 1. The first-order valence-electron chi connectivity index (χ1n) is 7.95. The number of pyridine rings is 1. The number of aryl methyl sites for hydroxylation is 1. The number of benzene rings is 1. The largest absolute Gasteiger partial charge is 0.302 e. The van der Waals surface area contributed by atoms with Crippen molar-refractivity contribution in [3.8, 4) is 16.8 Å². The highest BCUT2D eigenvalue weighted by atomic mass is 32.1. The van der Waals surface area contributed by atoms with Crippen LogP contribution < -0.4 is 5.56 Å². The van der Waals surface area contributed by atoms with Gasteiger partial charge in [-0.25, -0.2) is 9.37 Å². The van der Waals surface area contributed by atoms with Crippen molar-refractivity contribution in [2.45, 2.75) is 19.4 Å². The molecule has 0 amide bonds. The van der Waals surface area contributed by atoms with Crippen LogP contribution in [0.4, 0.5) is 13.2 Å². The van der Waals surface area contributed by atoms with Crippen molar-refractivity contribution in [1.82, 2.24) is 9.55 Å². The molecule has 0 atom stereocenters. The first kappa shape index (κ1) is 18.9. The number of aromatic nitrogens is 2. The number of hydrogen-bond donors (Lipinski definition) is 0. The lowest BCUT2D eigenvalue weighted by Crippen LogP contribution is -2.30. The highest BCUT2D eigenvalue weighted by Crippen LogP contribution is 2.33. The van der Waals surface area contributed by atoms with Crippen LogP contribution in [0.2, 0.25) is 0 Å². The van der Waals surface area contributed by atoms with Crippen molar-refractivity contribution in [3.63, 3.8) is 0 Å². The molecule has 0 bridgehead atoms. The Morgan fingerprint density at radius 1 is 1.30 bits per heavy atom. The number of hydrogen-bond acceptors (Lipinski definition) is 4. The third kappa shape index (κ3) is 3.64. The van der Waals surface area contributed by atoms with E-state index in [4.69, 9.17) is 0 Å². The molecule has 0 N–H and O–H groups in total. The highest BCUT2D eigenvalue weighted by Gasteiger charge is 2.37. The molecular formula is C19H14F3N3OS. The van der Waals surface area contributed by atoms with Crippen molar-refractivity contribution in [2.75, 3.05) is 6.67 Å². The minimum absolute atomic E-state index is 0.0736. The molecule has 2 aromatic heterocycles. The molecule has 0 saturated carbocycles. The molecule has 2 heterocycles. The molecule has 138 valence electrons. The smallest absolute Gasteiger partial charge is 0.300 e. The predicted octanol–water partition coefficient (Wildman–Crippen LogP) is 4.26. The molecule has 0 fully saturated rings. The Labute approximate surface area is 157 Å². The topological polar surface area (TPSA) is 58.7 Å². The summed E-state index contributed by atoms with van der Waals surface area (Å²) in [4.78, 5) is 16.9. The third-order valence-corrected chi connectivity index (χ3v) is 4.88. The Morgan fingerprint density at radius 3 is 2.56 bits per heavy atom. The Hall–Kier alpha value is -2.92. The standard InChI is InChI=1S/C19H14F3N3OS/c1-12-2-4-13(5-3-12)10-25-16(17-24-6-7-27-17)8-15(19(21,22)11-20)14(9-23)18(25)26/h2-8H,10-11H2,1H3. The van der Waals surface area contributed by atoms with Crippen molar-refractivity contribution in [2.24, 2.45) is 0 Å². The minimum Gasteiger partial charge on any atom is -0.300 e. The van der Waals surface area contributed by atoms with E-state index in [9.17, 15) is 23.2 Å². The second-order valence-corrected chi connectivity index (χ2v) is 6.88. The molecule has 0 spiro atoms. The van der Waals surface area contributed by atoms with Gasteiger partial charge >= 0.3 is 5.92 Å². The minimum atomic E-state index is -3.93. The van der Waals surface area contributed by atoms with E-state index < -0.39 is 29.3 Å². The summed E-state index contributed by atoms with van der Waals surface area (Å²) in [7, 11) is 0. The van der Waals surface area contributed by atoms with E-state index in [-0.39, 0.29) is 12.2 Å². The van der Waals surface area contributed by atoms with E-state index >= 15 is 0 Å². The second-order valence-electron chi connectivity index (χ2n) is 5.98. The second kappa shape index (κ2) is 7.37. The van der Waals surface area contributed by atoms with Crippen LogP contribution in [0.5, 0.6) is 0 Å². The summed E-state index contributed by atoms with van der Waals surface area (Å²) in [6, 6.07) is 9.85. The van der Waals surface area contributed by atoms with Crippen molar-refractivity contribution in [3.05, 3.63) is 74.5 Å². The van der Waals surface area contributed by atoms with Crippen LogP contribution in [0.25, 0.3) is 10.7 Å². The predicted molar refractivity (Wildman–Crippen MR) is 96.7 cm³/mol. The monoisotopic (exact) mass is 389 g/mol. The van der Waals surface area contributed by atoms with Gasteiger partial charge in [-0.3, -0.25) is 4.79 Å². The lowest BCUT2D eigenvalue weighted by atomic mass is 10.0. The summed E-state index contributed by atoms with van der Waals surface area (Å²) in [5.74, 6) is -3.93. The summed E-state index contributed by atoms with van der Waals surface area (Å²) in [6.45, 7) is -0.0108. The zero-order valence-electron chi connectivity index (χ0n) is 14.2. The molecule has 0 aliphatic heterocycles. The summed E-state index contributed by atoms with van der Waals surface area (Å²) in [5, 5.41) is 11.2. The molecular weight excluding hydrogens is 375 g/mol. The molecule has 3 rings (SSSR count). The normalized spacial score (nSPS) is 11.4. The highest BCUT2D eigenvalue weighted by molar-refractivity contribution is 7.13. The molecule has 0 aliphatic carbocycles. The molecule has 0 radical (unpaired) electrons. The van der Waals surface area contributed by atoms with E-state index in [1.165, 1.54) is 16.8 Å². The molecule has 0 saturated heterocycles. The average molecular weight is 389 g/mol. The van der Waals surface area contributed by atoms with E-state index in [0.29, 0.717) is 5.01 Å². The first-order valence-corrected chi connectivity index (χ1v) is 8.83. The van der Waals surface area contributed by atoms with Crippen LogP contribution in [0.3, 0.4) is 0 Å². The van der Waals surface area contributed by atoms with Crippen LogP contribution >= 0.6 is 11.3 Å². The van der Waals surface area contributed by atoms with Crippen LogP contribution in [-0.2, 0) is 12.5 Å². The van der Waals surface area contributed by atoms with Gasteiger partial charge in [0.2, 0.25) is 0 Å². The lowest BCUT2D eigenvalue weighted by Gasteiger charge is -2.18. The Bertz CT molecular complexity index is 1050. The average Bonchev–Trinajstić information content (AvgIpc) is 3.19. The first-order chi connectivity index (χ1) is 12.9. The lowest BCUT2D eigenvalue weighted by molar-refractivity contribution is -0.0285. The van der Waals surface area contributed by atoms with Crippen LogP contribution in [0.15, 0.2) is 46.7 Å². The fourth-order valence-corrected chi connectivity index (χ4v) is 3.34. The van der Waals surface area contributed by atoms with Gasteiger partial charge in [-0.1, -0.05) is 29.8 Å². The Kier molecular flexibility index (Phi) is 5.15. The number of nitrogens with zero attached hydrogens (tertiary/aromatic N) is 3. The van der Waals surface area contributed by atoms with Crippen LogP contribution in [0.1, 0.15) is 22.3 Å². The fraction of sp³-hybridized carbons (Fsp3) is 0.211. The van der Waals surface area contributed by atoms with Gasteiger partial charge in [-0.2, -0.15) is 14.0 Å². The summed E-state index contributed by atoms with van der Waals surface area (Å²) in [5.41, 5.74) is -0.657. The van der Waals surface area contributed by atoms with Gasteiger partial charge < -0.3 is 4.57 Å². The molecule has 1 aromatic carbocycles. The fourth-order valence-electron chi connectivity index (χ4n) is 2.68. The number of alkyl halides is 3. The van der Waals surface area contributed by atoms with Crippen LogP contribution in [-0.4, -0.2) is 16.2 Å². The van der Waals surface area contributed by atoms with Gasteiger partial charge in [0.25, 0.3) is 5.56 Å². The maximum absolute atomic E-state index is 14.0. The van der Waals surface area contributed by atoms with Gasteiger partial charge in [0.05, 0.1) is 12.2 Å². The SMILES string of the molecule is Cc1ccc(Cn2c(-c3nccs3)cc(C(F)(F)CF)c(C#N)c2=O)cc1. The van der Waals surface area contributed by atoms with E-state index in [2.05, 4.69) is 4.98 Å². The molecule has 0 aliphatic rings. The van der Waals surface area contributed by atoms with E-state index in [0.717, 1.165) is 28.5 Å². The third-order valence-electron chi connectivity index (χ3n) is 4.09. The van der Waals surface area contributed by atoms with Crippen molar-refractivity contribution in [1.29, 1.82) is 5.26 Å². The van der Waals surface area contributed by atoms with Gasteiger partial charge in [0, 0.05) is 17.1 Å². The number of thiazole rings is 1. The maximum Gasteiger partial charge on any atom is 0.302 e. The number of halogens is 3. The molecule has 8 heteroatoms. The molecule has 0 unspecified atom stereocenters. The zero-order chi connectivity index (χ0) is 19.6. The van der Waals surface area contributed by atoms with E-state index in [1.54, 1.807) is 5.38 Å². The molecule has 27 heavy (non-hydrogen) atoms. The maximum atomic E-state index is 14.0.